The molecule has 1 fully saturated rings. The predicted octanol–water partition coefficient (Wildman–Crippen LogP) is 3.65. The summed E-state index contributed by atoms with van der Waals surface area (Å²) >= 11 is 1.84. The van der Waals surface area contributed by atoms with Crippen LogP contribution in [0.25, 0.3) is 10.9 Å². The molecule has 0 saturated carbocycles. The minimum absolute atomic E-state index is 0.324. The van der Waals surface area contributed by atoms with Crippen molar-refractivity contribution in [2.75, 3.05) is 26.3 Å². The van der Waals surface area contributed by atoms with Crippen molar-refractivity contribution in [2.24, 2.45) is 0 Å². The number of fused-ring (bicyclic) bond motifs is 1. The first kappa shape index (κ1) is 13.1. The molecule has 3 nitrogen and oxygen atoms in total. The Labute approximate surface area is 128 Å². The molecule has 0 aliphatic carbocycles. The van der Waals surface area contributed by atoms with Crippen molar-refractivity contribution >= 4 is 22.2 Å². The van der Waals surface area contributed by atoms with Crippen LogP contribution in [0.4, 0.5) is 0 Å². The van der Waals surface area contributed by atoms with Crippen molar-refractivity contribution in [3.8, 4) is 0 Å². The smallest absolute Gasteiger partial charge is 0.0718 e. The highest BCUT2D eigenvalue weighted by Crippen LogP contribution is 2.36. The van der Waals surface area contributed by atoms with E-state index in [9.17, 15) is 0 Å². The van der Waals surface area contributed by atoms with Crippen molar-refractivity contribution in [3.05, 3.63) is 58.4 Å². The molecule has 1 saturated heterocycles. The van der Waals surface area contributed by atoms with E-state index >= 15 is 0 Å². The lowest BCUT2D eigenvalue weighted by molar-refractivity contribution is 0.0248. The van der Waals surface area contributed by atoms with Gasteiger partial charge < -0.3 is 9.72 Å². The Morgan fingerprint density at radius 3 is 2.76 bits per heavy atom. The molecule has 108 valence electrons. The normalized spacial score (nSPS) is 18.1. The van der Waals surface area contributed by atoms with Gasteiger partial charge in [-0.1, -0.05) is 24.3 Å². The maximum atomic E-state index is 5.53. The molecule has 21 heavy (non-hydrogen) atoms. The summed E-state index contributed by atoms with van der Waals surface area (Å²) in [5.41, 5.74) is 2.58. The van der Waals surface area contributed by atoms with E-state index < -0.39 is 0 Å². The summed E-state index contributed by atoms with van der Waals surface area (Å²) in [5.74, 6) is 0. The van der Waals surface area contributed by atoms with Gasteiger partial charge in [-0.2, -0.15) is 0 Å². The zero-order valence-electron chi connectivity index (χ0n) is 11.8. The van der Waals surface area contributed by atoms with Gasteiger partial charge in [0, 0.05) is 35.1 Å². The van der Waals surface area contributed by atoms with E-state index in [0.29, 0.717) is 6.04 Å². The predicted molar refractivity (Wildman–Crippen MR) is 86.9 cm³/mol. The number of thiophene rings is 1. The molecule has 0 spiro atoms. The van der Waals surface area contributed by atoms with Crippen LogP contribution in [0, 0.1) is 0 Å². The monoisotopic (exact) mass is 298 g/mol. The molecule has 1 aromatic carbocycles. The van der Waals surface area contributed by atoms with Crippen LogP contribution >= 0.6 is 11.3 Å². The Morgan fingerprint density at radius 1 is 1.10 bits per heavy atom. The SMILES string of the molecule is c1csc(C(c2c[nH]c3ccccc23)N2CCOCC2)c1. The molecule has 0 bridgehead atoms. The van der Waals surface area contributed by atoms with E-state index in [-0.39, 0.29) is 0 Å². The first-order chi connectivity index (χ1) is 10.4. The molecule has 2 aromatic heterocycles. The molecule has 1 N–H and O–H groups in total. The third kappa shape index (κ3) is 2.39. The second-order valence-corrected chi connectivity index (χ2v) is 6.34. The molecule has 3 heterocycles. The summed E-state index contributed by atoms with van der Waals surface area (Å²) in [5, 5.41) is 3.49. The van der Waals surface area contributed by atoms with Gasteiger partial charge >= 0.3 is 0 Å². The molecular formula is C17H18N2OS. The second-order valence-electron chi connectivity index (χ2n) is 5.36. The molecule has 1 aliphatic rings. The van der Waals surface area contributed by atoms with E-state index in [1.807, 2.05) is 11.3 Å². The Kier molecular flexibility index (Phi) is 3.51. The van der Waals surface area contributed by atoms with E-state index in [1.54, 1.807) is 0 Å². The zero-order chi connectivity index (χ0) is 14.1. The van der Waals surface area contributed by atoms with E-state index in [2.05, 4.69) is 57.9 Å². The van der Waals surface area contributed by atoms with Crippen molar-refractivity contribution in [3.63, 3.8) is 0 Å². The minimum atomic E-state index is 0.324. The molecule has 1 aliphatic heterocycles. The van der Waals surface area contributed by atoms with Crippen LogP contribution in [0.5, 0.6) is 0 Å². The fourth-order valence-electron chi connectivity index (χ4n) is 3.13. The van der Waals surface area contributed by atoms with Crippen LogP contribution in [0.2, 0.25) is 0 Å². The number of hydrogen-bond acceptors (Lipinski definition) is 3. The summed E-state index contributed by atoms with van der Waals surface area (Å²) in [6.07, 6.45) is 2.17. The number of rotatable bonds is 3. The molecule has 1 atom stereocenters. The lowest BCUT2D eigenvalue weighted by atomic mass is 10.0. The average Bonchev–Trinajstić information content (AvgIpc) is 3.20. The zero-order valence-corrected chi connectivity index (χ0v) is 12.6. The Hall–Kier alpha value is -1.62. The average molecular weight is 298 g/mol. The van der Waals surface area contributed by atoms with E-state index in [0.717, 1.165) is 26.3 Å². The van der Waals surface area contributed by atoms with Crippen LogP contribution in [-0.4, -0.2) is 36.2 Å². The highest BCUT2D eigenvalue weighted by atomic mass is 32.1. The largest absolute Gasteiger partial charge is 0.379 e. The van der Waals surface area contributed by atoms with Crippen LogP contribution in [0.3, 0.4) is 0 Å². The molecular weight excluding hydrogens is 280 g/mol. The van der Waals surface area contributed by atoms with E-state index in [1.165, 1.54) is 21.3 Å². The number of nitrogens with zero attached hydrogens (tertiary/aromatic N) is 1. The fourth-order valence-corrected chi connectivity index (χ4v) is 4.01. The number of aromatic amines is 1. The first-order valence-electron chi connectivity index (χ1n) is 7.35. The van der Waals surface area contributed by atoms with Gasteiger partial charge in [0.15, 0.2) is 0 Å². The molecule has 0 radical (unpaired) electrons. The fraction of sp³-hybridized carbons (Fsp3) is 0.294. The summed E-state index contributed by atoms with van der Waals surface area (Å²) in [7, 11) is 0. The first-order valence-corrected chi connectivity index (χ1v) is 8.22. The number of aromatic nitrogens is 1. The molecule has 4 rings (SSSR count). The van der Waals surface area contributed by atoms with Gasteiger partial charge in [-0.15, -0.1) is 11.3 Å². The van der Waals surface area contributed by atoms with Gasteiger partial charge in [0.25, 0.3) is 0 Å². The maximum absolute atomic E-state index is 5.53. The summed E-state index contributed by atoms with van der Waals surface area (Å²) in [4.78, 5) is 7.35. The highest BCUT2D eigenvalue weighted by molar-refractivity contribution is 7.10. The third-order valence-electron chi connectivity index (χ3n) is 4.14. The van der Waals surface area contributed by atoms with Crippen LogP contribution < -0.4 is 0 Å². The number of benzene rings is 1. The van der Waals surface area contributed by atoms with E-state index in [4.69, 9.17) is 4.74 Å². The topological polar surface area (TPSA) is 28.3 Å². The van der Waals surface area contributed by atoms with Crippen molar-refractivity contribution in [1.29, 1.82) is 0 Å². The second kappa shape index (κ2) is 5.64. The minimum Gasteiger partial charge on any atom is -0.379 e. The van der Waals surface area contributed by atoms with Crippen molar-refractivity contribution < 1.29 is 4.74 Å². The Bertz CT molecular complexity index is 713. The Morgan fingerprint density at radius 2 is 1.95 bits per heavy atom. The lowest BCUT2D eigenvalue weighted by Gasteiger charge is -2.34. The number of nitrogens with one attached hydrogen (secondary N) is 1. The van der Waals surface area contributed by atoms with Crippen LogP contribution in [0.1, 0.15) is 16.5 Å². The molecule has 1 unspecified atom stereocenters. The summed E-state index contributed by atoms with van der Waals surface area (Å²) in [6.45, 7) is 3.62. The summed E-state index contributed by atoms with van der Waals surface area (Å²) in [6, 6.07) is 13.3. The standard InChI is InChI=1S/C17H18N2OS/c1-2-5-15-13(4-1)14(12-18-15)17(16-6-3-11-21-16)19-7-9-20-10-8-19/h1-6,11-12,17-18H,7-10H2. The maximum Gasteiger partial charge on any atom is 0.0718 e. The van der Waals surface area contributed by atoms with Gasteiger partial charge in [-0.3, -0.25) is 4.90 Å². The van der Waals surface area contributed by atoms with Gasteiger partial charge in [0.2, 0.25) is 0 Å². The van der Waals surface area contributed by atoms with Crippen LogP contribution in [-0.2, 0) is 4.74 Å². The summed E-state index contributed by atoms with van der Waals surface area (Å²) < 4.78 is 5.53. The van der Waals surface area contributed by atoms with Crippen LogP contribution in [0.15, 0.2) is 48.0 Å². The third-order valence-corrected chi connectivity index (χ3v) is 5.06. The lowest BCUT2D eigenvalue weighted by Crippen LogP contribution is -2.39. The van der Waals surface area contributed by atoms with Gasteiger partial charge in [-0.25, -0.2) is 0 Å². The quantitative estimate of drug-likeness (QED) is 0.799. The van der Waals surface area contributed by atoms with Gasteiger partial charge in [0.1, 0.15) is 0 Å². The molecule has 0 amide bonds. The number of H-pyrrole nitrogens is 1. The van der Waals surface area contributed by atoms with Crippen molar-refractivity contribution in [1.82, 2.24) is 9.88 Å². The highest BCUT2D eigenvalue weighted by Gasteiger charge is 2.27. The number of morpholine rings is 1. The number of ether oxygens (including phenoxy) is 1. The van der Waals surface area contributed by atoms with Gasteiger partial charge in [-0.05, 0) is 23.1 Å². The molecule has 3 aromatic rings. The number of hydrogen-bond donors (Lipinski definition) is 1. The van der Waals surface area contributed by atoms with Gasteiger partial charge in [0.05, 0.1) is 19.3 Å². The number of para-hydroxylation sites is 1. The van der Waals surface area contributed by atoms with Crippen molar-refractivity contribution in [2.45, 2.75) is 6.04 Å². The Balaban J connectivity index is 1.81. The molecule has 4 heteroatoms.